The molecule has 0 saturated carbocycles. The van der Waals surface area contributed by atoms with Crippen LogP contribution in [0.2, 0.25) is 5.02 Å². The number of amides is 1. The molecule has 0 radical (unpaired) electrons. The monoisotopic (exact) mass is 363 g/mol. The number of aromatic nitrogens is 2. The number of nitrogens with one attached hydrogen (secondary N) is 1. The van der Waals surface area contributed by atoms with E-state index in [1.165, 1.54) is 0 Å². The maximum Gasteiger partial charge on any atom is 0.227 e. The summed E-state index contributed by atoms with van der Waals surface area (Å²) in [6.07, 6.45) is 0.191. The van der Waals surface area contributed by atoms with Crippen molar-refractivity contribution in [1.29, 1.82) is 0 Å². The number of anilines is 1. The van der Waals surface area contributed by atoms with E-state index in [0.29, 0.717) is 22.5 Å². The van der Waals surface area contributed by atoms with E-state index in [1.807, 2.05) is 0 Å². The Balaban J connectivity index is 1.59. The third-order valence-corrected chi connectivity index (χ3v) is 3.56. The van der Waals surface area contributed by atoms with Crippen LogP contribution in [0.3, 0.4) is 0 Å². The van der Waals surface area contributed by atoms with Gasteiger partial charge in [0.1, 0.15) is 11.6 Å². The minimum Gasteiger partial charge on any atom is -0.339 e. The number of hydrogen-bond donors (Lipinski definition) is 1. The second-order valence-electron chi connectivity index (χ2n) is 5.19. The maximum atomic E-state index is 13.5. The summed E-state index contributed by atoms with van der Waals surface area (Å²) in [5, 5.41) is 6.75. The molecule has 0 bridgehead atoms. The van der Waals surface area contributed by atoms with Gasteiger partial charge in [-0.05, 0) is 24.3 Å². The molecule has 0 saturated heterocycles. The van der Waals surface area contributed by atoms with Crippen molar-refractivity contribution in [3.63, 3.8) is 0 Å². The van der Waals surface area contributed by atoms with Crippen molar-refractivity contribution in [3.05, 3.63) is 65.0 Å². The molecule has 3 rings (SSSR count). The second kappa shape index (κ2) is 7.40. The summed E-state index contributed by atoms with van der Waals surface area (Å²) >= 11 is 5.91. The van der Waals surface area contributed by atoms with Gasteiger partial charge in [-0.25, -0.2) is 8.78 Å². The highest BCUT2D eigenvalue weighted by Gasteiger charge is 2.12. The first kappa shape index (κ1) is 17.0. The lowest BCUT2D eigenvalue weighted by atomic mass is 10.2. The highest BCUT2D eigenvalue weighted by Crippen LogP contribution is 2.20. The Hall–Kier alpha value is -2.80. The largest absolute Gasteiger partial charge is 0.339 e. The van der Waals surface area contributed by atoms with E-state index in [2.05, 4.69) is 15.5 Å². The standard InChI is InChI=1S/C17H12ClF2N3O2/c18-11-3-1-2-10(8-11)17-22-16(25-23-17)7-6-15(24)21-14-5-4-12(19)9-13(14)20/h1-5,8-9H,6-7H2,(H,21,24). The van der Waals surface area contributed by atoms with Gasteiger partial charge in [0.15, 0.2) is 0 Å². The van der Waals surface area contributed by atoms with Crippen molar-refractivity contribution in [1.82, 2.24) is 10.1 Å². The van der Waals surface area contributed by atoms with Crippen LogP contribution in [0, 0.1) is 11.6 Å². The number of hydrogen-bond acceptors (Lipinski definition) is 4. The number of aryl methyl sites for hydroxylation is 1. The molecule has 25 heavy (non-hydrogen) atoms. The molecule has 0 aliphatic carbocycles. The predicted octanol–water partition coefficient (Wildman–Crippen LogP) is 4.24. The third kappa shape index (κ3) is 4.39. The van der Waals surface area contributed by atoms with Gasteiger partial charge >= 0.3 is 0 Å². The lowest BCUT2D eigenvalue weighted by Crippen LogP contribution is -2.13. The lowest BCUT2D eigenvalue weighted by Gasteiger charge is -2.05. The molecule has 0 spiro atoms. The Bertz CT molecular complexity index is 914. The fourth-order valence-corrected chi connectivity index (χ4v) is 2.32. The average Bonchev–Trinajstić information content (AvgIpc) is 3.05. The molecule has 1 N–H and O–H groups in total. The van der Waals surface area contributed by atoms with Crippen molar-refractivity contribution in [3.8, 4) is 11.4 Å². The zero-order valence-corrected chi connectivity index (χ0v) is 13.6. The van der Waals surface area contributed by atoms with E-state index >= 15 is 0 Å². The van der Waals surface area contributed by atoms with Gasteiger partial charge in [0.2, 0.25) is 17.6 Å². The molecule has 0 aliphatic rings. The van der Waals surface area contributed by atoms with E-state index in [9.17, 15) is 13.6 Å². The number of benzene rings is 2. The van der Waals surface area contributed by atoms with Crippen LogP contribution in [0.4, 0.5) is 14.5 Å². The Kier molecular flexibility index (Phi) is 5.04. The molecular formula is C17H12ClF2N3O2. The van der Waals surface area contributed by atoms with Crippen molar-refractivity contribution in [2.24, 2.45) is 0 Å². The lowest BCUT2D eigenvalue weighted by molar-refractivity contribution is -0.116. The molecule has 8 heteroatoms. The summed E-state index contributed by atoms with van der Waals surface area (Å²) in [5.41, 5.74) is 0.608. The molecule has 0 unspecified atom stereocenters. The summed E-state index contributed by atoms with van der Waals surface area (Å²) < 4.78 is 31.4. The summed E-state index contributed by atoms with van der Waals surface area (Å²) in [5.74, 6) is -1.37. The fourth-order valence-electron chi connectivity index (χ4n) is 2.13. The summed E-state index contributed by atoms with van der Waals surface area (Å²) in [6.45, 7) is 0. The van der Waals surface area contributed by atoms with Crippen LogP contribution in [-0.2, 0) is 11.2 Å². The first-order chi connectivity index (χ1) is 12.0. The quantitative estimate of drug-likeness (QED) is 0.736. The molecule has 5 nitrogen and oxygen atoms in total. The highest BCUT2D eigenvalue weighted by atomic mass is 35.5. The van der Waals surface area contributed by atoms with Crippen LogP contribution >= 0.6 is 11.6 Å². The average molecular weight is 364 g/mol. The minimum absolute atomic E-state index is 0.00793. The van der Waals surface area contributed by atoms with E-state index in [0.717, 1.165) is 12.1 Å². The molecule has 1 amide bonds. The highest BCUT2D eigenvalue weighted by molar-refractivity contribution is 6.30. The summed E-state index contributed by atoms with van der Waals surface area (Å²) in [6, 6.07) is 9.89. The van der Waals surface area contributed by atoms with Crippen molar-refractivity contribution < 1.29 is 18.1 Å². The number of carbonyl (C=O) groups excluding carboxylic acids is 1. The number of carbonyl (C=O) groups is 1. The van der Waals surface area contributed by atoms with Crippen LogP contribution < -0.4 is 5.32 Å². The molecule has 0 atom stereocenters. The maximum absolute atomic E-state index is 13.5. The molecule has 1 aromatic heterocycles. The molecule has 0 aliphatic heterocycles. The van der Waals surface area contributed by atoms with Gasteiger partial charge in [0, 0.05) is 29.5 Å². The Morgan fingerprint density at radius 2 is 2.04 bits per heavy atom. The SMILES string of the molecule is O=C(CCc1nc(-c2cccc(Cl)c2)no1)Nc1ccc(F)cc1F. The van der Waals surface area contributed by atoms with Crippen LogP contribution in [-0.4, -0.2) is 16.0 Å². The smallest absolute Gasteiger partial charge is 0.227 e. The van der Waals surface area contributed by atoms with Crippen LogP contribution in [0.1, 0.15) is 12.3 Å². The van der Waals surface area contributed by atoms with Crippen molar-refractivity contribution in [2.75, 3.05) is 5.32 Å². The van der Waals surface area contributed by atoms with Crippen molar-refractivity contribution >= 4 is 23.2 Å². The van der Waals surface area contributed by atoms with Gasteiger partial charge in [-0.15, -0.1) is 0 Å². The zero-order valence-electron chi connectivity index (χ0n) is 12.8. The third-order valence-electron chi connectivity index (χ3n) is 3.32. The van der Waals surface area contributed by atoms with Gasteiger partial charge in [-0.1, -0.05) is 28.9 Å². The van der Waals surface area contributed by atoms with Crippen LogP contribution in [0.25, 0.3) is 11.4 Å². The van der Waals surface area contributed by atoms with Gasteiger partial charge in [-0.3, -0.25) is 4.79 Å². The normalized spacial score (nSPS) is 10.7. The van der Waals surface area contributed by atoms with E-state index < -0.39 is 17.5 Å². The van der Waals surface area contributed by atoms with Crippen molar-refractivity contribution in [2.45, 2.75) is 12.8 Å². The molecule has 0 fully saturated rings. The number of rotatable bonds is 5. The van der Waals surface area contributed by atoms with Crippen LogP contribution in [0.15, 0.2) is 47.0 Å². The Morgan fingerprint density at radius 1 is 1.20 bits per heavy atom. The predicted molar refractivity (Wildman–Crippen MR) is 88.1 cm³/mol. The minimum atomic E-state index is -0.839. The molecular weight excluding hydrogens is 352 g/mol. The van der Waals surface area contributed by atoms with Gasteiger partial charge in [-0.2, -0.15) is 4.98 Å². The second-order valence-corrected chi connectivity index (χ2v) is 5.63. The van der Waals surface area contributed by atoms with Crippen LogP contribution in [0.5, 0.6) is 0 Å². The topological polar surface area (TPSA) is 68.0 Å². The molecule has 1 heterocycles. The Labute approximate surface area is 146 Å². The fraction of sp³-hybridized carbons (Fsp3) is 0.118. The molecule has 128 valence electrons. The summed E-state index contributed by atoms with van der Waals surface area (Å²) in [7, 11) is 0. The van der Waals surface area contributed by atoms with Gasteiger partial charge < -0.3 is 9.84 Å². The summed E-state index contributed by atoms with van der Waals surface area (Å²) in [4.78, 5) is 16.1. The zero-order chi connectivity index (χ0) is 17.8. The first-order valence-corrected chi connectivity index (χ1v) is 7.72. The van der Waals surface area contributed by atoms with E-state index in [4.69, 9.17) is 16.1 Å². The van der Waals surface area contributed by atoms with Gasteiger partial charge in [0.05, 0.1) is 5.69 Å². The van der Waals surface area contributed by atoms with E-state index in [1.54, 1.807) is 24.3 Å². The first-order valence-electron chi connectivity index (χ1n) is 7.35. The molecule has 3 aromatic rings. The van der Waals surface area contributed by atoms with Gasteiger partial charge in [0.25, 0.3) is 0 Å². The number of nitrogens with zero attached hydrogens (tertiary/aromatic N) is 2. The Morgan fingerprint density at radius 3 is 2.80 bits per heavy atom. The van der Waals surface area contributed by atoms with E-state index in [-0.39, 0.29) is 24.4 Å². The number of halogens is 3. The molecule has 2 aromatic carbocycles.